The lowest BCUT2D eigenvalue weighted by Crippen LogP contribution is -2.48. The van der Waals surface area contributed by atoms with Crippen LogP contribution in [0.15, 0.2) is 18.2 Å². The molecule has 1 aromatic rings. The minimum absolute atomic E-state index is 0.0176. The summed E-state index contributed by atoms with van der Waals surface area (Å²) in [6.07, 6.45) is 5.90. The summed E-state index contributed by atoms with van der Waals surface area (Å²) in [6.45, 7) is 5.53. The predicted octanol–water partition coefficient (Wildman–Crippen LogP) is 2.99. The summed E-state index contributed by atoms with van der Waals surface area (Å²) in [4.78, 5) is 27.7. The third-order valence-electron chi connectivity index (χ3n) is 5.31. The van der Waals surface area contributed by atoms with Gasteiger partial charge >= 0.3 is 0 Å². The Kier molecular flexibility index (Phi) is 5.14. The zero-order valence-electron chi connectivity index (χ0n) is 14.2. The van der Waals surface area contributed by atoms with Crippen LogP contribution in [0.5, 0.6) is 0 Å². The molecule has 2 aliphatic heterocycles. The molecular weight excluding hydrogens is 306 g/mol. The van der Waals surface area contributed by atoms with Gasteiger partial charge in [0.1, 0.15) is 0 Å². The van der Waals surface area contributed by atoms with Gasteiger partial charge in [0.05, 0.1) is 4.92 Å². The Hall–Kier alpha value is -1.95. The summed E-state index contributed by atoms with van der Waals surface area (Å²) in [5, 5.41) is 11.1. The summed E-state index contributed by atoms with van der Waals surface area (Å²) in [7, 11) is 0. The first-order chi connectivity index (χ1) is 11.6. The fraction of sp³-hybridized carbons (Fsp3) is 0.611. The Morgan fingerprint density at radius 2 is 1.79 bits per heavy atom. The van der Waals surface area contributed by atoms with Crippen molar-refractivity contribution in [3.05, 3.63) is 39.4 Å². The number of nitrogens with zero attached hydrogens (tertiary/aromatic N) is 3. The number of rotatable bonds is 3. The molecule has 1 amide bonds. The molecule has 0 atom stereocenters. The molecule has 2 aliphatic rings. The van der Waals surface area contributed by atoms with Gasteiger partial charge in [0.2, 0.25) is 0 Å². The smallest absolute Gasteiger partial charge is 0.273 e. The lowest BCUT2D eigenvalue weighted by Gasteiger charge is -2.40. The molecule has 3 rings (SSSR count). The van der Waals surface area contributed by atoms with Crippen molar-refractivity contribution in [1.29, 1.82) is 0 Å². The number of nitro groups is 1. The van der Waals surface area contributed by atoms with E-state index in [1.54, 1.807) is 19.1 Å². The number of carbonyl (C=O) groups is 1. The summed E-state index contributed by atoms with van der Waals surface area (Å²) >= 11 is 0. The van der Waals surface area contributed by atoms with Gasteiger partial charge < -0.3 is 9.80 Å². The van der Waals surface area contributed by atoms with Crippen molar-refractivity contribution in [2.45, 2.75) is 45.1 Å². The Bertz CT molecular complexity index is 618. The Morgan fingerprint density at radius 1 is 1.12 bits per heavy atom. The third-order valence-corrected chi connectivity index (χ3v) is 5.31. The van der Waals surface area contributed by atoms with E-state index in [4.69, 9.17) is 0 Å². The van der Waals surface area contributed by atoms with Crippen LogP contribution in [-0.4, -0.2) is 52.9 Å². The van der Waals surface area contributed by atoms with Gasteiger partial charge in [0.15, 0.2) is 0 Å². The van der Waals surface area contributed by atoms with E-state index in [2.05, 4.69) is 4.90 Å². The maximum absolute atomic E-state index is 12.7. The van der Waals surface area contributed by atoms with Crippen LogP contribution in [0.4, 0.5) is 5.69 Å². The van der Waals surface area contributed by atoms with E-state index >= 15 is 0 Å². The van der Waals surface area contributed by atoms with Crippen molar-refractivity contribution in [2.24, 2.45) is 0 Å². The molecule has 0 unspecified atom stereocenters. The highest BCUT2D eigenvalue weighted by molar-refractivity contribution is 5.95. The van der Waals surface area contributed by atoms with Crippen molar-refractivity contribution in [3.8, 4) is 0 Å². The first kappa shape index (κ1) is 16.9. The van der Waals surface area contributed by atoms with Gasteiger partial charge in [-0.1, -0.05) is 12.5 Å². The quantitative estimate of drug-likeness (QED) is 0.631. The largest absolute Gasteiger partial charge is 0.339 e. The van der Waals surface area contributed by atoms with E-state index in [0.717, 1.165) is 25.9 Å². The second kappa shape index (κ2) is 7.30. The van der Waals surface area contributed by atoms with Crippen LogP contribution in [0.1, 0.15) is 48.0 Å². The maximum Gasteiger partial charge on any atom is 0.273 e. The van der Waals surface area contributed by atoms with Gasteiger partial charge in [-0.25, -0.2) is 0 Å². The fourth-order valence-corrected chi connectivity index (χ4v) is 3.84. The molecule has 130 valence electrons. The number of likely N-dealkylation sites (tertiary alicyclic amines) is 2. The summed E-state index contributed by atoms with van der Waals surface area (Å²) in [5.74, 6) is -0.0878. The van der Waals surface area contributed by atoms with Gasteiger partial charge in [-0.15, -0.1) is 0 Å². The molecule has 0 radical (unpaired) electrons. The van der Waals surface area contributed by atoms with Gasteiger partial charge in [0.25, 0.3) is 11.6 Å². The second-order valence-electron chi connectivity index (χ2n) is 6.88. The van der Waals surface area contributed by atoms with Gasteiger partial charge in [-0.3, -0.25) is 14.9 Å². The van der Waals surface area contributed by atoms with E-state index in [-0.39, 0.29) is 11.6 Å². The fourth-order valence-electron chi connectivity index (χ4n) is 3.84. The molecule has 24 heavy (non-hydrogen) atoms. The molecule has 6 nitrogen and oxygen atoms in total. The number of benzene rings is 1. The normalized spacial score (nSPS) is 20.1. The molecule has 6 heteroatoms. The second-order valence-corrected chi connectivity index (χ2v) is 6.88. The molecule has 0 aromatic heterocycles. The number of nitro benzene ring substituents is 1. The summed E-state index contributed by atoms with van der Waals surface area (Å²) in [5.41, 5.74) is 1.02. The molecule has 2 heterocycles. The van der Waals surface area contributed by atoms with Crippen LogP contribution in [0.25, 0.3) is 0 Å². The average molecular weight is 331 g/mol. The molecular formula is C18H25N3O3. The third kappa shape index (κ3) is 3.59. The maximum atomic E-state index is 12.7. The molecule has 2 saturated heterocycles. The number of aryl methyl sites for hydroxylation is 1. The Labute approximate surface area is 142 Å². The van der Waals surface area contributed by atoms with Crippen molar-refractivity contribution < 1.29 is 9.72 Å². The topological polar surface area (TPSA) is 66.7 Å². The van der Waals surface area contributed by atoms with E-state index in [1.807, 2.05) is 4.90 Å². The number of hydrogen-bond donors (Lipinski definition) is 0. The van der Waals surface area contributed by atoms with Gasteiger partial charge in [-0.05, 0) is 51.8 Å². The highest BCUT2D eigenvalue weighted by Crippen LogP contribution is 2.24. The highest BCUT2D eigenvalue weighted by atomic mass is 16.6. The number of amides is 1. The molecule has 0 N–H and O–H groups in total. The van der Waals surface area contributed by atoms with E-state index in [1.165, 1.54) is 38.4 Å². The molecule has 0 saturated carbocycles. The lowest BCUT2D eigenvalue weighted by atomic mass is 9.99. The first-order valence-corrected chi connectivity index (χ1v) is 8.84. The van der Waals surface area contributed by atoms with Crippen LogP contribution in [0.2, 0.25) is 0 Å². The van der Waals surface area contributed by atoms with Crippen molar-refractivity contribution in [3.63, 3.8) is 0 Å². The molecule has 0 spiro atoms. The Morgan fingerprint density at radius 3 is 2.42 bits per heavy atom. The van der Waals surface area contributed by atoms with Gasteiger partial charge in [0, 0.05) is 36.3 Å². The SMILES string of the molecule is Cc1ccc(C(=O)N2CCC(N3CCCCC3)CC2)cc1[N+](=O)[O-]. The molecule has 2 fully saturated rings. The van der Waals surface area contributed by atoms with E-state index in [0.29, 0.717) is 17.2 Å². The van der Waals surface area contributed by atoms with Crippen LogP contribution < -0.4 is 0 Å². The highest BCUT2D eigenvalue weighted by Gasteiger charge is 2.28. The monoisotopic (exact) mass is 331 g/mol. The van der Waals surface area contributed by atoms with Crippen LogP contribution >= 0.6 is 0 Å². The minimum Gasteiger partial charge on any atom is -0.339 e. The van der Waals surface area contributed by atoms with Crippen LogP contribution in [0.3, 0.4) is 0 Å². The van der Waals surface area contributed by atoms with Crippen LogP contribution in [-0.2, 0) is 0 Å². The zero-order valence-corrected chi connectivity index (χ0v) is 14.2. The van der Waals surface area contributed by atoms with Crippen molar-refractivity contribution >= 4 is 11.6 Å². The average Bonchev–Trinajstić information content (AvgIpc) is 2.62. The standard InChI is InChI=1S/C18H25N3O3/c1-14-5-6-15(13-17(14)21(23)24)18(22)20-11-7-16(8-12-20)19-9-3-2-4-10-19/h5-6,13,16H,2-4,7-12H2,1H3. The number of piperidine rings is 2. The summed E-state index contributed by atoms with van der Waals surface area (Å²) in [6, 6.07) is 5.35. The number of hydrogen-bond acceptors (Lipinski definition) is 4. The van der Waals surface area contributed by atoms with E-state index < -0.39 is 4.92 Å². The van der Waals surface area contributed by atoms with Crippen molar-refractivity contribution in [1.82, 2.24) is 9.80 Å². The van der Waals surface area contributed by atoms with Crippen LogP contribution in [0, 0.1) is 17.0 Å². The minimum atomic E-state index is -0.422. The summed E-state index contributed by atoms with van der Waals surface area (Å²) < 4.78 is 0. The molecule has 1 aromatic carbocycles. The zero-order chi connectivity index (χ0) is 17.1. The van der Waals surface area contributed by atoms with Crippen molar-refractivity contribution in [2.75, 3.05) is 26.2 Å². The van der Waals surface area contributed by atoms with Gasteiger partial charge in [-0.2, -0.15) is 0 Å². The Balaban J connectivity index is 1.62. The first-order valence-electron chi connectivity index (χ1n) is 8.84. The van der Waals surface area contributed by atoms with E-state index in [9.17, 15) is 14.9 Å². The molecule has 0 aliphatic carbocycles. The molecule has 0 bridgehead atoms. The number of carbonyl (C=O) groups excluding carboxylic acids is 1. The lowest BCUT2D eigenvalue weighted by molar-refractivity contribution is -0.385. The predicted molar refractivity (Wildman–Crippen MR) is 92.2 cm³/mol.